The minimum absolute atomic E-state index is 0.00959. The Hall–Kier alpha value is -2.33. The van der Waals surface area contributed by atoms with Gasteiger partial charge in [0.25, 0.3) is 5.91 Å². The monoisotopic (exact) mass is 310 g/mol. The Labute approximate surface area is 136 Å². The molecule has 1 heterocycles. The smallest absolute Gasteiger partial charge is 0.255 e. The molecule has 1 amide bonds. The van der Waals surface area contributed by atoms with E-state index in [1.807, 2.05) is 12.1 Å². The van der Waals surface area contributed by atoms with E-state index in [-0.39, 0.29) is 11.7 Å². The largest absolute Gasteiger partial charge is 0.507 e. The topological polar surface area (TPSA) is 52.6 Å². The van der Waals surface area contributed by atoms with Crippen molar-refractivity contribution in [3.8, 4) is 5.75 Å². The summed E-state index contributed by atoms with van der Waals surface area (Å²) in [4.78, 5) is 14.7. The average molecular weight is 310 g/mol. The fourth-order valence-corrected chi connectivity index (χ4v) is 3.00. The molecule has 1 aliphatic heterocycles. The van der Waals surface area contributed by atoms with Crippen LogP contribution >= 0.6 is 0 Å². The maximum atomic E-state index is 12.2. The van der Waals surface area contributed by atoms with Gasteiger partial charge in [0.15, 0.2) is 0 Å². The van der Waals surface area contributed by atoms with Crippen LogP contribution in [0.4, 0.5) is 0 Å². The predicted octanol–water partition coefficient (Wildman–Crippen LogP) is 2.92. The van der Waals surface area contributed by atoms with E-state index in [2.05, 4.69) is 22.3 Å². The summed E-state index contributed by atoms with van der Waals surface area (Å²) in [5, 5.41) is 12.7. The zero-order chi connectivity index (χ0) is 16.1. The molecule has 4 nitrogen and oxygen atoms in total. The number of hydrogen-bond donors (Lipinski definition) is 2. The SMILES string of the molecule is O=C(NCc1ccccc1CN1CCCC1)c1ccccc1O. The maximum absolute atomic E-state index is 12.2. The molecule has 0 spiro atoms. The van der Waals surface area contributed by atoms with Crippen LogP contribution in [0.1, 0.15) is 34.3 Å². The molecule has 1 aliphatic rings. The molecule has 2 aromatic rings. The first-order valence-electron chi connectivity index (χ1n) is 8.09. The standard InChI is InChI=1S/C19H22N2O2/c22-18-10-4-3-9-17(18)19(23)20-13-15-7-1-2-8-16(15)14-21-11-5-6-12-21/h1-4,7-10,22H,5-6,11-14H2,(H,20,23). The van der Waals surface area contributed by atoms with E-state index in [1.165, 1.54) is 24.5 Å². The lowest BCUT2D eigenvalue weighted by molar-refractivity contribution is 0.0948. The third-order valence-corrected chi connectivity index (χ3v) is 4.30. The Morgan fingerprint density at radius 1 is 1.00 bits per heavy atom. The second kappa shape index (κ2) is 7.29. The van der Waals surface area contributed by atoms with Crippen molar-refractivity contribution in [1.82, 2.24) is 10.2 Å². The van der Waals surface area contributed by atoms with Gasteiger partial charge in [0.05, 0.1) is 5.56 Å². The van der Waals surface area contributed by atoms with E-state index in [1.54, 1.807) is 18.2 Å². The number of aromatic hydroxyl groups is 1. The molecule has 0 radical (unpaired) electrons. The second-order valence-electron chi connectivity index (χ2n) is 5.95. The predicted molar refractivity (Wildman–Crippen MR) is 90.2 cm³/mol. The lowest BCUT2D eigenvalue weighted by Gasteiger charge is -2.17. The van der Waals surface area contributed by atoms with E-state index in [4.69, 9.17) is 0 Å². The normalized spacial score (nSPS) is 14.8. The number of carbonyl (C=O) groups is 1. The number of carbonyl (C=O) groups excluding carboxylic acids is 1. The van der Waals surface area contributed by atoms with Crippen LogP contribution in [0.2, 0.25) is 0 Å². The summed E-state index contributed by atoms with van der Waals surface area (Å²) in [6.07, 6.45) is 2.54. The van der Waals surface area contributed by atoms with Crippen molar-refractivity contribution in [1.29, 1.82) is 0 Å². The summed E-state index contributed by atoms with van der Waals surface area (Å²) in [6, 6.07) is 14.8. The number of hydrogen-bond acceptors (Lipinski definition) is 3. The Kier molecular flexibility index (Phi) is 4.93. The number of phenolic OH excluding ortho intramolecular Hbond substituents is 1. The highest BCUT2D eigenvalue weighted by Gasteiger charge is 2.14. The van der Waals surface area contributed by atoms with Gasteiger partial charge in [-0.3, -0.25) is 9.69 Å². The Balaban J connectivity index is 1.66. The molecule has 1 saturated heterocycles. The van der Waals surface area contributed by atoms with E-state index in [0.717, 1.165) is 25.2 Å². The minimum atomic E-state index is -0.251. The van der Waals surface area contributed by atoms with Crippen LogP contribution in [-0.4, -0.2) is 29.0 Å². The van der Waals surface area contributed by atoms with Crippen LogP contribution in [0.15, 0.2) is 48.5 Å². The number of phenols is 1. The van der Waals surface area contributed by atoms with Crippen LogP contribution < -0.4 is 5.32 Å². The zero-order valence-corrected chi connectivity index (χ0v) is 13.2. The molecule has 1 fully saturated rings. The Bertz CT molecular complexity index is 679. The molecule has 0 aromatic heterocycles. The number of nitrogens with one attached hydrogen (secondary N) is 1. The summed E-state index contributed by atoms with van der Waals surface area (Å²) in [5.41, 5.74) is 2.69. The molecule has 0 saturated carbocycles. The van der Waals surface area contributed by atoms with Crippen LogP contribution in [0.3, 0.4) is 0 Å². The summed E-state index contributed by atoms with van der Waals surface area (Å²) in [5.74, 6) is -0.241. The second-order valence-corrected chi connectivity index (χ2v) is 5.95. The highest BCUT2D eigenvalue weighted by Crippen LogP contribution is 2.18. The molecule has 0 atom stereocenters. The van der Waals surface area contributed by atoms with Gasteiger partial charge in [-0.2, -0.15) is 0 Å². The molecule has 2 N–H and O–H groups in total. The summed E-state index contributed by atoms with van der Waals surface area (Å²) in [7, 11) is 0. The number of para-hydroxylation sites is 1. The van der Waals surface area contributed by atoms with Gasteiger partial charge in [-0.25, -0.2) is 0 Å². The highest BCUT2D eigenvalue weighted by atomic mass is 16.3. The van der Waals surface area contributed by atoms with Gasteiger partial charge in [-0.05, 0) is 49.2 Å². The fraction of sp³-hybridized carbons (Fsp3) is 0.316. The first-order chi connectivity index (χ1) is 11.2. The van der Waals surface area contributed by atoms with Gasteiger partial charge >= 0.3 is 0 Å². The number of benzene rings is 2. The highest BCUT2D eigenvalue weighted by molar-refractivity contribution is 5.96. The van der Waals surface area contributed by atoms with Crippen molar-refractivity contribution in [2.45, 2.75) is 25.9 Å². The molecule has 0 unspecified atom stereocenters. The lowest BCUT2D eigenvalue weighted by atomic mass is 10.1. The Morgan fingerprint density at radius 3 is 2.39 bits per heavy atom. The van der Waals surface area contributed by atoms with E-state index in [0.29, 0.717) is 12.1 Å². The van der Waals surface area contributed by atoms with Crippen molar-refractivity contribution in [2.24, 2.45) is 0 Å². The number of likely N-dealkylation sites (tertiary alicyclic amines) is 1. The lowest BCUT2D eigenvalue weighted by Crippen LogP contribution is -2.25. The van der Waals surface area contributed by atoms with Gasteiger partial charge in [0, 0.05) is 13.1 Å². The summed E-state index contributed by atoms with van der Waals surface area (Å²) < 4.78 is 0. The number of rotatable bonds is 5. The molecule has 120 valence electrons. The van der Waals surface area contributed by atoms with Gasteiger partial charge < -0.3 is 10.4 Å². The van der Waals surface area contributed by atoms with E-state index >= 15 is 0 Å². The van der Waals surface area contributed by atoms with Crippen molar-refractivity contribution in [3.63, 3.8) is 0 Å². The van der Waals surface area contributed by atoms with Crippen molar-refractivity contribution in [2.75, 3.05) is 13.1 Å². The van der Waals surface area contributed by atoms with Crippen molar-refractivity contribution in [3.05, 3.63) is 65.2 Å². The van der Waals surface area contributed by atoms with Gasteiger partial charge in [-0.1, -0.05) is 36.4 Å². The van der Waals surface area contributed by atoms with Gasteiger partial charge in [-0.15, -0.1) is 0 Å². The van der Waals surface area contributed by atoms with Crippen LogP contribution in [-0.2, 0) is 13.1 Å². The number of amides is 1. The van der Waals surface area contributed by atoms with Crippen LogP contribution in [0.5, 0.6) is 5.75 Å². The third-order valence-electron chi connectivity index (χ3n) is 4.30. The summed E-state index contributed by atoms with van der Waals surface area (Å²) in [6.45, 7) is 3.71. The van der Waals surface area contributed by atoms with E-state index in [9.17, 15) is 9.90 Å². The van der Waals surface area contributed by atoms with Crippen LogP contribution in [0, 0.1) is 0 Å². The molecular formula is C19H22N2O2. The van der Waals surface area contributed by atoms with Crippen molar-refractivity contribution < 1.29 is 9.90 Å². The maximum Gasteiger partial charge on any atom is 0.255 e. The Morgan fingerprint density at radius 2 is 1.65 bits per heavy atom. The van der Waals surface area contributed by atoms with Gasteiger partial charge in [0.2, 0.25) is 0 Å². The fourth-order valence-electron chi connectivity index (χ4n) is 3.00. The minimum Gasteiger partial charge on any atom is -0.507 e. The molecular weight excluding hydrogens is 288 g/mol. The number of nitrogens with zero attached hydrogens (tertiary/aromatic N) is 1. The first kappa shape index (κ1) is 15.6. The van der Waals surface area contributed by atoms with Gasteiger partial charge in [0.1, 0.15) is 5.75 Å². The molecule has 23 heavy (non-hydrogen) atoms. The van der Waals surface area contributed by atoms with Crippen LogP contribution in [0.25, 0.3) is 0 Å². The third kappa shape index (κ3) is 3.90. The average Bonchev–Trinajstić information content (AvgIpc) is 3.07. The zero-order valence-electron chi connectivity index (χ0n) is 13.2. The molecule has 0 aliphatic carbocycles. The van der Waals surface area contributed by atoms with Crippen molar-refractivity contribution >= 4 is 5.91 Å². The molecule has 3 rings (SSSR count). The summed E-state index contributed by atoms with van der Waals surface area (Å²) >= 11 is 0. The molecule has 4 heteroatoms. The molecule has 2 aromatic carbocycles. The molecule has 0 bridgehead atoms. The first-order valence-corrected chi connectivity index (χ1v) is 8.09. The quantitative estimate of drug-likeness (QED) is 0.893. The van der Waals surface area contributed by atoms with E-state index < -0.39 is 0 Å².